The highest BCUT2D eigenvalue weighted by Gasteiger charge is 2.26. The topological polar surface area (TPSA) is 45.5 Å². The van der Waals surface area contributed by atoms with E-state index in [0.29, 0.717) is 12.5 Å². The first-order valence-corrected chi connectivity index (χ1v) is 10.8. The van der Waals surface area contributed by atoms with Gasteiger partial charge in [-0.15, -0.1) is 0 Å². The molecule has 1 fully saturated rings. The number of methoxy groups -OCH3 is 2. The molecule has 0 saturated carbocycles. The maximum atomic E-state index is 9.16. The van der Waals surface area contributed by atoms with Crippen molar-refractivity contribution < 1.29 is 9.47 Å². The number of ether oxygens (including phenoxy) is 2. The number of para-hydroxylation sites is 2. The highest BCUT2D eigenvalue weighted by atomic mass is 16.5. The van der Waals surface area contributed by atoms with E-state index in [2.05, 4.69) is 47.4 Å². The first-order chi connectivity index (χ1) is 15.3. The smallest absolute Gasteiger partial charge is 0.123 e. The van der Waals surface area contributed by atoms with Gasteiger partial charge in [0, 0.05) is 35.3 Å². The first kappa shape index (κ1) is 20.8. The monoisotopic (exact) mass is 412 g/mol. The highest BCUT2D eigenvalue weighted by Crippen LogP contribution is 2.41. The number of benzene rings is 3. The molecule has 0 amide bonds. The van der Waals surface area contributed by atoms with E-state index in [1.807, 2.05) is 36.4 Å². The minimum atomic E-state index is -0.0187. The van der Waals surface area contributed by atoms with Gasteiger partial charge in [-0.05, 0) is 42.7 Å². The van der Waals surface area contributed by atoms with Crippen molar-refractivity contribution in [3.63, 3.8) is 0 Å². The Balaban J connectivity index is 1.77. The molecular weight excluding hydrogens is 384 g/mol. The van der Waals surface area contributed by atoms with Gasteiger partial charge in [-0.3, -0.25) is 0 Å². The van der Waals surface area contributed by atoms with Gasteiger partial charge in [-0.25, -0.2) is 0 Å². The molecule has 0 bridgehead atoms. The Hall–Kier alpha value is -3.45. The molecule has 1 saturated heterocycles. The number of nitrogens with zero attached hydrogens (tertiary/aromatic N) is 2. The van der Waals surface area contributed by atoms with Gasteiger partial charge in [0.25, 0.3) is 0 Å². The van der Waals surface area contributed by atoms with Crippen LogP contribution in [0.4, 0.5) is 5.69 Å². The molecule has 3 aromatic carbocycles. The van der Waals surface area contributed by atoms with E-state index in [1.165, 1.54) is 11.3 Å². The zero-order valence-electron chi connectivity index (χ0n) is 18.1. The summed E-state index contributed by atoms with van der Waals surface area (Å²) in [7, 11) is 3.42. The van der Waals surface area contributed by atoms with Gasteiger partial charge in [0.2, 0.25) is 0 Å². The average Bonchev–Trinajstić information content (AvgIpc) is 3.29. The molecule has 1 aliphatic rings. The van der Waals surface area contributed by atoms with Gasteiger partial charge < -0.3 is 14.4 Å². The number of hydrogen-bond acceptors (Lipinski definition) is 4. The van der Waals surface area contributed by atoms with Crippen LogP contribution in [0.5, 0.6) is 11.5 Å². The highest BCUT2D eigenvalue weighted by molar-refractivity contribution is 5.56. The van der Waals surface area contributed by atoms with E-state index in [0.717, 1.165) is 42.0 Å². The Morgan fingerprint density at radius 1 is 0.903 bits per heavy atom. The summed E-state index contributed by atoms with van der Waals surface area (Å²) < 4.78 is 11.4. The summed E-state index contributed by atoms with van der Waals surface area (Å²) in [5, 5.41) is 9.16. The molecule has 0 N–H and O–H groups in total. The Labute approximate surface area is 184 Å². The van der Waals surface area contributed by atoms with E-state index in [9.17, 15) is 0 Å². The summed E-state index contributed by atoms with van der Waals surface area (Å²) in [6, 6.07) is 27.7. The van der Waals surface area contributed by atoms with Crippen LogP contribution in [0.15, 0.2) is 72.8 Å². The van der Waals surface area contributed by atoms with Crippen molar-refractivity contribution in [3.05, 3.63) is 89.5 Å². The maximum absolute atomic E-state index is 9.16. The number of hydrogen-bond donors (Lipinski definition) is 0. The van der Waals surface area contributed by atoms with E-state index >= 15 is 0 Å². The van der Waals surface area contributed by atoms with Crippen molar-refractivity contribution in [2.24, 2.45) is 0 Å². The summed E-state index contributed by atoms with van der Waals surface area (Å²) in [5.41, 5.74) is 4.56. The summed E-state index contributed by atoms with van der Waals surface area (Å²) >= 11 is 0. The van der Waals surface area contributed by atoms with Crippen LogP contribution in [0.25, 0.3) is 0 Å². The molecule has 4 heteroatoms. The standard InChI is InChI=1S/C27H28N2O2/c1-30-25-11-5-3-9-23(25)27(24-10-4-6-12-26(24)31-2)20-13-15-22(16-14-20)29-19-7-8-21(29)17-18-28/h3-6,9-16,21,27H,7-8,17,19H2,1-2H3. The van der Waals surface area contributed by atoms with Gasteiger partial charge in [0.1, 0.15) is 11.5 Å². The van der Waals surface area contributed by atoms with Crippen molar-refractivity contribution in [3.8, 4) is 17.6 Å². The van der Waals surface area contributed by atoms with Gasteiger partial charge in [0.05, 0.1) is 26.7 Å². The molecule has 1 atom stereocenters. The lowest BCUT2D eigenvalue weighted by atomic mass is 9.84. The van der Waals surface area contributed by atoms with Crippen LogP contribution < -0.4 is 14.4 Å². The molecule has 1 heterocycles. The summed E-state index contributed by atoms with van der Waals surface area (Å²) in [6.45, 7) is 1.01. The molecule has 3 aromatic rings. The van der Waals surface area contributed by atoms with E-state index < -0.39 is 0 Å². The fourth-order valence-electron chi connectivity index (χ4n) is 4.69. The molecular formula is C27H28N2O2. The number of rotatable bonds is 7. The minimum Gasteiger partial charge on any atom is -0.496 e. The third kappa shape index (κ3) is 4.22. The number of anilines is 1. The summed E-state index contributed by atoms with van der Waals surface area (Å²) in [5.74, 6) is 1.70. The maximum Gasteiger partial charge on any atom is 0.123 e. The molecule has 1 unspecified atom stereocenters. The Morgan fingerprint density at radius 3 is 2.03 bits per heavy atom. The first-order valence-electron chi connectivity index (χ1n) is 10.8. The molecule has 1 aliphatic heterocycles. The predicted molar refractivity (Wildman–Crippen MR) is 124 cm³/mol. The van der Waals surface area contributed by atoms with Crippen LogP contribution >= 0.6 is 0 Å². The largest absolute Gasteiger partial charge is 0.496 e. The van der Waals surface area contributed by atoms with Crippen LogP contribution in [0.1, 0.15) is 41.9 Å². The van der Waals surface area contributed by atoms with Crippen LogP contribution in [-0.4, -0.2) is 26.8 Å². The van der Waals surface area contributed by atoms with Crippen molar-refractivity contribution in [2.75, 3.05) is 25.7 Å². The Bertz CT molecular complexity index is 1010. The van der Waals surface area contributed by atoms with E-state index in [1.54, 1.807) is 14.2 Å². The average molecular weight is 413 g/mol. The molecule has 4 nitrogen and oxygen atoms in total. The van der Waals surface area contributed by atoms with Crippen molar-refractivity contribution in [1.82, 2.24) is 0 Å². The van der Waals surface area contributed by atoms with Crippen LogP contribution in [-0.2, 0) is 0 Å². The molecule has 4 rings (SSSR count). The fraction of sp³-hybridized carbons (Fsp3) is 0.296. The summed E-state index contributed by atoms with van der Waals surface area (Å²) in [4.78, 5) is 2.37. The fourth-order valence-corrected chi connectivity index (χ4v) is 4.69. The SMILES string of the molecule is COc1ccccc1C(c1ccc(N2CCCC2CC#N)cc1)c1ccccc1OC. The quantitative estimate of drug-likeness (QED) is 0.462. The second-order valence-electron chi connectivity index (χ2n) is 7.86. The number of nitriles is 1. The lowest BCUT2D eigenvalue weighted by Gasteiger charge is -2.27. The Morgan fingerprint density at radius 2 is 1.48 bits per heavy atom. The molecule has 31 heavy (non-hydrogen) atoms. The van der Waals surface area contributed by atoms with Gasteiger partial charge in [0.15, 0.2) is 0 Å². The lowest BCUT2D eigenvalue weighted by molar-refractivity contribution is 0.402. The predicted octanol–water partition coefficient (Wildman–Crippen LogP) is 5.77. The van der Waals surface area contributed by atoms with Gasteiger partial charge >= 0.3 is 0 Å². The lowest BCUT2D eigenvalue weighted by Crippen LogP contribution is -2.28. The molecule has 0 aromatic heterocycles. The van der Waals surface area contributed by atoms with Crippen LogP contribution in [0, 0.1) is 11.3 Å². The zero-order valence-corrected chi connectivity index (χ0v) is 18.1. The summed E-state index contributed by atoms with van der Waals surface area (Å²) in [6.07, 6.45) is 2.80. The van der Waals surface area contributed by atoms with E-state index in [-0.39, 0.29) is 5.92 Å². The van der Waals surface area contributed by atoms with Gasteiger partial charge in [-0.1, -0.05) is 48.5 Å². The third-order valence-electron chi connectivity index (χ3n) is 6.16. The second-order valence-corrected chi connectivity index (χ2v) is 7.86. The minimum absolute atomic E-state index is 0.0187. The van der Waals surface area contributed by atoms with Crippen molar-refractivity contribution in [1.29, 1.82) is 5.26 Å². The normalized spacial score (nSPS) is 15.7. The second kappa shape index (κ2) is 9.57. The third-order valence-corrected chi connectivity index (χ3v) is 6.16. The van der Waals surface area contributed by atoms with Crippen molar-refractivity contribution in [2.45, 2.75) is 31.2 Å². The van der Waals surface area contributed by atoms with Crippen molar-refractivity contribution >= 4 is 5.69 Å². The van der Waals surface area contributed by atoms with Crippen LogP contribution in [0.3, 0.4) is 0 Å². The van der Waals surface area contributed by atoms with E-state index in [4.69, 9.17) is 14.7 Å². The molecule has 0 aliphatic carbocycles. The Kier molecular flexibility index (Phi) is 6.43. The zero-order chi connectivity index (χ0) is 21.6. The molecule has 0 spiro atoms. The van der Waals surface area contributed by atoms with Crippen LogP contribution in [0.2, 0.25) is 0 Å². The molecule has 158 valence electrons. The molecule has 0 radical (unpaired) electrons. The van der Waals surface area contributed by atoms with Gasteiger partial charge in [-0.2, -0.15) is 5.26 Å².